The van der Waals surface area contributed by atoms with Crippen molar-refractivity contribution in [1.29, 1.82) is 0 Å². The largest absolute Gasteiger partial charge is 0.297 e. The molecule has 2 heterocycles. The van der Waals surface area contributed by atoms with Crippen molar-refractivity contribution in [3.05, 3.63) is 26.9 Å². The number of nitrogens with zero attached hydrogens (tertiary/aromatic N) is 2. The molecule has 21 heavy (non-hydrogen) atoms. The molecule has 0 aromatic carbocycles. The summed E-state index contributed by atoms with van der Waals surface area (Å²) < 4.78 is 25.2. The third-order valence-electron chi connectivity index (χ3n) is 1.92. The highest BCUT2D eigenvalue weighted by atomic mass is 79.9. The van der Waals surface area contributed by atoms with Gasteiger partial charge < -0.3 is 0 Å². The van der Waals surface area contributed by atoms with Crippen LogP contribution in [-0.4, -0.2) is 30.8 Å². The van der Waals surface area contributed by atoms with Gasteiger partial charge in [-0.25, -0.2) is 8.42 Å². The van der Waals surface area contributed by atoms with Crippen molar-refractivity contribution >= 4 is 70.9 Å². The molecule has 2 rings (SSSR count). The highest BCUT2D eigenvalue weighted by Crippen LogP contribution is 2.23. The number of rotatable bonds is 5. The first-order chi connectivity index (χ1) is 9.82. The first-order valence-electron chi connectivity index (χ1n) is 5.37. The number of carbonyl (C=O) groups is 1. The molecule has 0 unspecified atom stereocenters. The minimum Gasteiger partial charge on any atom is -0.297 e. The second kappa shape index (κ2) is 6.64. The number of amides is 1. The first-order valence-corrected chi connectivity index (χ1v) is 9.69. The molecule has 0 bridgehead atoms. The lowest BCUT2D eigenvalue weighted by molar-refractivity contribution is -0.111. The lowest BCUT2D eigenvalue weighted by Gasteiger charge is -1.95. The predicted octanol–water partition coefficient (Wildman–Crippen LogP) is 2.39. The van der Waals surface area contributed by atoms with Crippen LogP contribution >= 0.6 is 38.6 Å². The minimum atomic E-state index is -3.41. The summed E-state index contributed by atoms with van der Waals surface area (Å²) in [5.74, 6) is -0.374. The highest BCUT2D eigenvalue weighted by Gasteiger charge is 2.09. The molecule has 11 heteroatoms. The van der Waals surface area contributed by atoms with Crippen molar-refractivity contribution in [1.82, 2.24) is 10.2 Å². The van der Waals surface area contributed by atoms with Gasteiger partial charge in [-0.2, -0.15) is 0 Å². The highest BCUT2D eigenvalue weighted by molar-refractivity contribution is 9.11. The number of hydrogen-bond acceptors (Lipinski definition) is 7. The fraction of sp³-hybridized carbons (Fsp3) is 0.100. The van der Waals surface area contributed by atoms with Crippen molar-refractivity contribution in [2.75, 3.05) is 16.3 Å². The van der Waals surface area contributed by atoms with Gasteiger partial charge in [0.2, 0.25) is 26.2 Å². The Kier molecular flexibility index (Phi) is 5.08. The average Bonchev–Trinajstić information content (AvgIpc) is 2.94. The average molecular weight is 409 g/mol. The molecule has 112 valence electrons. The van der Waals surface area contributed by atoms with Crippen molar-refractivity contribution in [2.45, 2.75) is 0 Å². The molecule has 0 saturated carbocycles. The minimum absolute atomic E-state index is 0.0963. The van der Waals surface area contributed by atoms with Crippen LogP contribution < -0.4 is 10.0 Å². The van der Waals surface area contributed by atoms with Gasteiger partial charge in [-0.05, 0) is 34.1 Å². The van der Waals surface area contributed by atoms with Gasteiger partial charge in [0.05, 0.1) is 10.0 Å². The van der Waals surface area contributed by atoms with Gasteiger partial charge in [0.25, 0.3) is 0 Å². The summed E-state index contributed by atoms with van der Waals surface area (Å²) in [5, 5.41) is 10.1. The van der Waals surface area contributed by atoms with E-state index in [-0.39, 0.29) is 16.2 Å². The van der Waals surface area contributed by atoms with Crippen LogP contribution in [0.4, 0.5) is 10.3 Å². The molecule has 7 nitrogen and oxygen atoms in total. The Bertz CT molecular complexity index is 781. The van der Waals surface area contributed by atoms with E-state index in [4.69, 9.17) is 0 Å². The SMILES string of the molecule is CS(=O)(=O)Nc1nnc(NC(=O)/C=C/c2ccc(Br)s2)s1. The van der Waals surface area contributed by atoms with E-state index in [2.05, 4.69) is 36.2 Å². The standard InChI is InChI=1S/C10H9BrN4O3S3/c1-21(17,18)15-10-14-13-9(20-10)12-8(16)5-3-6-2-4-7(11)19-6/h2-5H,1H3,(H,14,15)(H,12,13,16)/b5-3+. The van der Waals surface area contributed by atoms with Gasteiger partial charge in [0.15, 0.2) is 0 Å². The van der Waals surface area contributed by atoms with Crippen LogP contribution in [0, 0.1) is 0 Å². The summed E-state index contributed by atoms with van der Waals surface area (Å²) in [6.07, 6.45) is 4.04. The summed E-state index contributed by atoms with van der Waals surface area (Å²) in [6, 6.07) is 3.76. The molecule has 0 spiro atoms. The van der Waals surface area contributed by atoms with Crippen LogP contribution in [0.25, 0.3) is 6.08 Å². The Morgan fingerprint density at radius 3 is 2.62 bits per heavy atom. The van der Waals surface area contributed by atoms with Crippen LogP contribution in [-0.2, 0) is 14.8 Å². The number of thiophene rings is 1. The van der Waals surface area contributed by atoms with E-state index in [1.165, 1.54) is 17.4 Å². The summed E-state index contributed by atoms with van der Waals surface area (Å²) in [6.45, 7) is 0. The maximum Gasteiger partial charge on any atom is 0.250 e. The van der Waals surface area contributed by atoms with Crippen molar-refractivity contribution < 1.29 is 13.2 Å². The predicted molar refractivity (Wildman–Crippen MR) is 88.1 cm³/mol. The van der Waals surface area contributed by atoms with Crippen LogP contribution in [0.15, 0.2) is 22.0 Å². The number of nitrogens with one attached hydrogen (secondary N) is 2. The molecule has 1 amide bonds. The summed E-state index contributed by atoms with van der Waals surface area (Å²) >= 11 is 5.76. The zero-order valence-electron chi connectivity index (χ0n) is 10.5. The van der Waals surface area contributed by atoms with E-state index in [1.54, 1.807) is 6.08 Å². The maximum absolute atomic E-state index is 11.7. The van der Waals surface area contributed by atoms with Crippen molar-refractivity contribution in [2.24, 2.45) is 0 Å². The molecule has 2 aromatic rings. The number of aromatic nitrogens is 2. The molecule has 0 atom stereocenters. The summed E-state index contributed by atoms with van der Waals surface area (Å²) in [5.41, 5.74) is 0. The van der Waals surface area contributed by atoms with E-state index < -0.39 is 10.0 Å². The summed E-state index contributed by atoms with van der Waals surface area (Å²) in [7, 11) is -3.41. The fourth-order valence-corrected chi connectivity index (χ4v) is 4.00. The molecule has 0 fully saturated rings. The topological polar surface area (TPSA) is 101 Å². The number of carbonyl (C=O) groups excluding carboxylic acids is 1. The lowest BCUT2D eigenvalue weighted by Crippen LogP contribution is -2.09. The Labute approximate surface area is 137 Å². The molecule has 0 aliphatic rings. The van der Waals surface area contributed by atoms with Gasteiger partial charge in [0, 0.05) is 11.0 Å². The Balaban J connectivity index is 1.95. The second-order valence-corrected chi connectivity index (χ2v) is 8.97. The third-order valence-corrected chi connectivity index (χ3v) is 4.96. The van der Waals surface area contributed by atoms with E-state index in [9.17, 15) is 13.2 Å². The monoisotopic (exact) mass is 408 g/mol. The normalized spacial score (nSPS) is 11.7. The van der Waals surface area contributed by atoms with Gasteiger partial charge in [-0.1, -0.05) is 11.3 Å². The number of anilines is 2. The Hall–Kier alpha value is -1.30. The van der Waals surface area contributed by atoms with Crippen LogP contribution in [0.5, 0.6) is 0 Å². The molecule has 0 radical (unpaired) electrons. The lowest BCUT2D eigenvalue weighted by atomic mass is 10.4. The zero-order chi connectivity index (χ0) is 15.5. The maximum atomic E-state index is 11.7. The van der Waals surface area contributed by atoms with E-state index in [1.807, 2.05) is 12.1 Å². The van der Waals surface area contributed by atoms with Crippen LogP contribution in [0.1, 0.15) is 4.88 Å². The number of halogens is 1. The third kappa shape index (κ3) is 5.53. The molecule has 2 N–H and O–H groups in total. The van der Waals surface area contributed by atoms with Gasteiger partial charge in [-0.3, -0.25) is 14.8 Å². The zero-order valence-corrected chi connectivity index (χ0v) is 14.6. The Morgan fingerprint density at radius 2 is 2.00 bits per heavy atom. The van der Waals surface area contributed by atoms with Gasteiger partial charge in [0.1, 0.15) is 0 Å². The van der Waals surface area contributed by atoms with E-state index >= 15 is 0 Å². The molecule has 0 aliphatic carbocycles. The quantitative estimate of drug-likeness (QED) is 0.739. The Morgan fingerprint density at radius 1 is 1.29 bits per heavy atom. The molecule has 0 aliphatic heterocycles. The molecule has 0 saturated heterocycles. The number of sulfonamides is 1. The van der Waals surface area contributed by atoms with Crippen LogP contribution in [0.2, 0.25) is 0 Å². The van der Waals surface area contributed by atoms with Crippen LogP contribution in [0.3, 0.4) is 0 Å². The van der Waals surface area contributed by atoms with E-state index in [0.717, 1.165) is 26.3 Å². The van der Waals surface area contributed by atoms with E-state index in [0.29, 0.717) is 0 Å². The van der Waals surface area contributed by atoms with Gasteiger partial charge in [-0.15, -0.1) is 21.5 Å². The second-order valence-electron chi connectivity index (χ2n) is 3.75. The molecular weight excluding hydrogens is 400 g/mol. The van der Waals surface area contributed by atoms with Crippen molar-refractivity contribution in [3.63, 3.8) is 0 Å². The summed E-state index contributed by atoms with van der Waals surface area (Å²) in [4.78, 5) is 12.6. The molecule has 2 aromatic heterocycles. The van der Waals surface area contributed by atoms with Crippen molar-refractivity contribution in [3.8, 4) is 0 Å². The smallest absolute Gasteiger partial charge is 0.250 e. The number of hydrogen-bond donors (Lipinski definition) is 2. The fourth-order valence-electron chi connectivity index (χ4n) is 1.20. The first kappa shape index (κ1) is 16.1. The molecular formula is C10H9BrN4O3S3. The van der Waals surface area contributed by atoms with Gasteiger partial charge >= 0.3 is 0 Å².